The van der Waals surface area contributed by atoms with E-state index in [1.54, 1.807) is 0 Å². The number of hydrogen-bond donors (Lipinski definition) is 8. The average molecular weight is 547 g/mol. The van der Waals surface area contributed by atoms with Gasteiger partial charge in [0.05, 0.1) is 18.8 Å². The molecule has 0 spiro atoms. The lowest BCUT2D eigenvalue weighted by molar-refractivity contribution is -0.295. The van der Waals surface area contributed by atoms with Crippen molar-refractivity contribution >= 4 is 18.0 Å². The van der Waals surface area contributed by atoms with Crippen LogP contribution >= 0.6 is 0 Å². The topological polar surface area (TPSA) is 215 Å². The Labute approximate surface area is 222 Å². The first kappa shape index (κ1) is 28.4. The second-order valence-corrected chi connectivity index (χ2v) is 9.46. The van der Waals surface area contributed by atoms with E-state index in [1.165, 1.54) is 0 Å². The Bertz CT molecular complexity index is 1180. The third kappa shape index (κ3) is 5.88. The molecule has 0 saturated carbocycles. The van der Waals surface area contributed by atoms with Crippen molar-refractivity contribution in [3.63, 3.8) is 0 Å². The van der Waals surface area contributed by atoms with Gasteiger partial charge in [-0.3, -0.25) is 4.79 Å². The minimum atomic E-state index is -2.92. The summed E-state index contributed by atoms with van der Waals surface area (Å²) in [5, 5.41) is 63.6. The highest BCUT2D eigenvalue weighted by molar-refractivity contribution is 5.83. The second-order valence-electron chi connectivity index (χ2n) is 9.46. The van der Waals surface area contributed by atoms with Crippen molar-refractivity contribution in [2.24, 2.45) is 0 Å². The summed E-state index contributed by atoms with van der Waals surface area (Å²) in [4.78, 5) is 36.3. The number of rotatable bonds is 9. The van der Waals surface area contributed by atoms with Gasteiger partial charge in [0.25, 0.3) is 5.79 Å². The van der Waals surface area contributed by atoms with Gasteiger partial charge in [-0.15, -0.1) is 0 Å². The number of carboxylic acid groups (broad SMARTS) is 1. The molecule has 6 atom stereocenters. The summed E-state index contributed by atoms with van der Waals surface area (Å²) in [6.07, 6.45) is -9.14. The predicted molar refractivity (Wildman–Crippen MR) is 132 cm³/mol. The van der Waals surface area contributed by atoms with E-state index in [0.717, 1.165) is 22.3 Å². The number of aliphatic carboxylic acids is 1. The number of benzene rings is 2. The first-order valence-electron chi connectivity index (χ1n) is 12.2. The fourth-order valence-corrected chi connectivity index (χ4v) is 4.94. The minimum absolute atomic E-state index is 0.0117. The van der Waals surface area contributed by atoms with E-state index < -0.39 is 73.8 Å². The lowest BCUT2D eigenvalue weighted by atomic mass is 9.88. The van der Waals surface area contributed by atoms with Gasteiger partial charge in [0.1, 0.15) is 31.5 Å². The van der Waals surface area contributed by atoms with Crippen LogP contribution in [0.15, 0.2) is 48.5 Å². The monoisotopic (exact) mass is 546 g/mol. The normalized spacial score (nSPS) is 25.6. The fourth-order valence-electron chi connectivity index (χ4n) is 4.94. The summed E-state index contributed by atoms with van der Waals surface area (Å²) in [6.45, 7) is -1.56. The average Bonchev–Trinajstić information content (AvgIpc) is 3.24. The molecule has 1 aliphatic heterocycles. The predicted octanol–water partition coefficient (Wildman–Crippen LogP) is -1.35. The zero-order valence-electron chi connectivity index (χ0n) is 20.6. The van der Waals surface area contributed by atoms with Gasteiger partial charge in [-0.25, -0.2) is 9.59 Å². The van der Waals surface area contributed by atoms with Crippen LogP contribution in [0.3, 0.4) is 0 Å². The van der Waals surface area contributed by atoms with Crippen molar-refractivity contribution in [1.29, 1.82) is 0 Å². The zero-order valence-corrected chi connectivity index (χ0v) is 20.6. The van der Waals surface area contributed by atoms with Gasteiger partial charge in [0.15, 0.2) is 0 Å². The van der Waals surface area contributed by atoms with Gasteiger partial charge in [0.2, 0.25) is 5.91 Å². The number of alkyl carbamates (subject to hydrolysis) is 1. The van der Waals surface area contributed by atoms with Gasteiger partial charge >= 0.3 is 12.1 Å². The molecule has 210 valence electrons. The van der Waals surface area contributed by atoms with Crippen molar-refractivity contribution in [2.75, 3.05) is 19.8 Å². The summed E-state index contributed by atoms with van der Waals surface area (Å²) in [5.74, 6) is -5.84. The number of carbonyl (C=O) groups excluding carboxylic acids is 2. The Morgan fingerprint density at radius 2 is 1.64 bits per heavy atom. The number of hydrogen-bond acceptors (Lipinski definition) is 10. The highest BCUT2D eigenvalue weighted by atomic mass is 16.7. The Kier molecular flexibility index (Phi) is 8.49. The third-order valence-corrected chi connectivity index (χ3v) is 6.90. The third-order valence-electron chi connectivity index (χ3n) is 6.90. The zero-order chi connectivity index (χ0) is 28.3. The molecule has 8 N–H and O–H groups in total. The molecule has 0 aromatic heterocycles. The largest absolute Gasteiger partial charge is 0.477 e. The number of aliphatic hydroxyl groups is 5. The molecule has 1 saturated heterocycles. The maximum Gasteiger partial charge on any atom is 0.407 e. The first-order valence-corrected chi connectivity index (χ1v) is 12.2. The number of amides is 2. The molecule has 2 aliphatic rings. The highest BCUT2D eigenvalue weighted by Gasteiger charge is 2.54. The van der Waals surface area contributed by atoms with Gasteiger partial charge < -0.3 is 50.7 Å². The van der Waals surface area contributed by atoms with Crippen molar-refractivity contribution in [1.82, 2.24) is 10.6 Å². The van der Waals surface area contributed by atoms with Crippen molar-refractivity contribution in [3.05, 3.63) is 59.7 Å². The van der Waals surface area contributed by atoms with Crippen molar-refractivity contribution < 1.29 is 54.5 Å². The SMILES string of the molecule is O=C(CNC(=O)OCC1c2ccccc2-c2ccccc21)NC1C(O)CC(O)(C(=O)O)OC1[C@H](O)[C@H](O)CO. The number of carboxylic acids is 1. The summed E-state index contributed by atoms with van der Waals surface area (Å²) < 4.78 is 10.4. The van der Waals surface area contributed by atoms with Crippen LogP contribution in [0.4, 0.5) is 4.79 Å². The number of ether oxygens (including phenoxy) is 2. The standard InChI is InChI=1S/C26H30N2O11/c29-11-19(31)22(33)23-21(18(30)9-26(37,39-23)24(34)35)28-20(32)10-27-25(36)38-12-17-15-7-3-1-5-13(15)14-6-2-4-8-16(14)17/h1-8,17-19,21-23,29-31,33,37H,9-12H2,(H,27,36)(H,28,32)(H,34,35)/t18?,19-,21?,22-,23?,26?/m1/s1. The van der Waals surface area contributed by atoms with E-state index in [9.17, 15) is 39.9 Å². The smallest absolute Gasteiger partial charge is 0.407 e. The Hall–Kier alpha value is -3.59. The Morgan fingerprint density at radius 1 is 1.05 bits per heavy atom. The number of carbonyl (C=O) groups is 3. The van der Waals surface area contributed by atoms with Crippen LogP contribution in [0, 0.1) is 0 Å². The Balaban J connectivity index is 1.35. The van der Waals surface area contributed by atoms with Gasteiger partial charge in [-0.1, -0.05) is 48.5 Å². The Morgan fingerprint density at radius 3 is 2.21 bits per heavy atom. The molecule has 2 aromatic carbocycles. The molecule has 0 bridgehead atoms. The first-order chi connectivity index (χ1) is 18.6. The van der Waals surface area contributed by atoms with E-state index in [4.69, 9.17) is 14.6 Å². The molecule has 4 rings (SSSR count). The molecule has 13 nitrogen and oxygen atoms in total. The van der Waals surface area contributed by atoms with Crippen LogP contribution in [0.1, 0.15) is 23.5 Å². The lowest BCUT2D eigenvalue weighted by Gasteiger charge is -2.44. The van der Waals surface area contributed by atoms with Crippen LogP contribution in [0.25, 0.3) is 11.1 Å². The molecule has 39 heavy (non-hydrogen) atoms. The maximum absolute atomic E-state index is 12.5. The molecule has 1 heterocycles. The van der Waals surface area contributed by atoms with Crippen molar-refractivity contribution in [2.45, 2.75) is 48.6 Å². The quantitative estimate of drug-likeness (QED) is 0.184. The van der Waals surface area contributed by atoms with E-state index in [1.807, 2.05) is 48.5 Å². The molecule has 0 radical (unpaired) electrons. The summed E-state index contributed by atoms with van der Waals surface area (Å²) in [5.41, 5.74) is 4.11. The van der Waals surface area contributed by atoms with Gasteiger partial charge in [-0.05, 0) is 22.3 Å². The van der Waals surface area contributed by atoms with Crippen LogP contribution in [0.5, 0.6) is 0 Å². The van der Waals surface area contributed by atoms with Crippen LogP contribution < -0.4 is 10.6 Å². The lowest BCUT2D eigenvalue weighted by Crippen LogP contribution is -2.67. The minimum Gasteiger partial charge on any atom is -0.477 e. The molecule has 2 amide bonds. The fraction of sp³-hybridized carbons (Fsp3) is 0.423. The molecule has 13 heteroatoms. The second kappa shape index (κ2) is 11.7. The van der Waals surface area contributed by atoms with Crippen LogP contribution in [0.2, 0.25) is 0 Å². The number of fused-ring (bicyclic) bond motifs is 3. The van der Waals surface area contributed by atoms with Crippen LogP contribution in [-0.4, -0.2) is 105 Å². The number of aliphatic hydroxyl groups excluding tert-OH is 4. The summed E-state index contributed by atoms with van der Waals surface area (Å²) >= 11 is 0. The highest BCUT2D eigenvalue weighted by Crippen LogP contribution is 2.44. The molecular formula is C26H30N2O11. The van der Waals surface area contributed by atoms with E-state index in [2.05, 4.69) is 10.6 Å². The van der Waals surface area contributed by atoms with Gasteiger partial charge in [-0.2, -0.15) is 0 Å². The van der Waals surface area contributed by atoms with E-state index >= 15 is 0 Å². The molecule has 1 aliphatic carbocycles. The molecule has 1 fully saturated rings. The molecular weight excluding hydrogens is 516 g/mol. The van der Waals surface area contributed by atoms with Gasteiger partial charge in [0, 0.05) is 12.3 Å². The molecule has 2 aromatic rings. The van der Waals surface area contributed by atoms with E-state index in [-0.39, 0.29) is 12.5 Å². The van der Waals surface area contributed by atoms with E-state index in [0.29, 0.717) is 0 Å². The van der Waals surface area contributed by atoms with Crippen molar-refractivity contribution in [3.8, 4) is 11.1 Å². The maximum atomic E-state index is 12.5. The molecule has 4 unspecified atom stereocenters. The number of nitrogens with one attached hydrogen (secondary N) is 2. The summed E-state index contributed by atoms with van der Waals surface area (Å²) in [7, 11) is 0. The van der Waals surface area contributed by atoms with Crippen LogP contribution in [-0.2, 0) is 19.1 Å². The summed E-state index contributed by atoms with van der Waals surface area (Å²) in [6, 6.07) is 14.0.